The average molecular weight is 379 g/mol. The molecular formula is C17H15ClN2O4S. The minimum absolute atomic E-state index is 0.0179. The number of rotatable bonds is 6. The normalized spacial score (nSPS) is 12.1. The van der Waals surface area contributed by atoms with Crippen LogP contribution in [0.4, 0.5) is 0 Å². The Balaban J connectivity index is 1.82. The van der Waals surface area contributed by atoms with Crippen LogP contribution in [0.15, 0.2) is 42.7 Å². The highest BCUT2D eigenvalue weighted by molar-refractivity contribution is 7.20. The molecule has 0 saturated heterocycles. The average Bonchev–Trinajstić information content (AvgIpc) is 3.06. The first-order valence-corrected chi connectivity index (χ1v) is 8.64. The molecule has 2 heterocycles. The SMILES string of the molecule is O=C(NCC(O)CO)c1cc2c(Oc3ccc(Cl)cc3)cncc2s1. The lowest BCUT2D eigenvalue weighted by Gasteiger charge is -2.07. The standard InChI is InChI=1S/C17H15ClN2O4S/c18-10-1-3-12(4-2-10)24-14-7-19-8-16-13(14)5-15(25-16)17(23)20-6-11(22)9-21/h1-5,7-8,11,21-22H,6,9H2,(H,20,23). The van der Waals surface area contributed by atoms with Gasteiger partial charge in [-0.25, -0.2) is 0 Å². The maximum Gasteiger partial charge on any atom is 0.261 e. The number of ether oxygens (including phenoxy) is 1. The largest absolute Gasteiger partial charge is 0.455 e. The summed E-state index contributed by atoms with van der Waals surface area (Å²) in [6.45, 7) is -0.425. The van der Waals surface area contributed by atoms with Crippen molar-refractivity contribution in [3.8, 4) is 11.5 Å². The summed E-state index contributed by atoms with van der Waals surface area (Å²) >= 11 is 7.14. The number of nitrogens with zero attached hydrogens (tertiary/aromatic N) is 1. The van der Waals surface area contributed by atoms with Crippen molar-refractivity contribution in [3.05, 3.63) is 52.6 Å². The number of amides is 1. The third-order valence-electron chi connectivity index (χ3n) is 3.38. The van der Waals surface area contributed by atoms with Gasteiger partial charge in [-0.2, -0.15) is 0 Å². The molecule has 1 atom stereocenters. The van der Waals surface area contributed by atoms with Gasteiger partial charge in [0, 0.05) is 23.2 Å². The van der Waals surface area contributed by atoms with Gasteiger partial charge in [0.2, 0.25) is 0 Å². The number of aliphatic hydroxyl groups is 2. The highest BCUT2D eigenvalue weighted by Gasteiger charge is 2.15. The van der Waals surface area contributed by atoms with Crippen LogP contribution in [0.5, 0.6) is 11.5 Å². The zero-order valence-electron chi connectivity index (χ0n) is 13.0. The van der Waals surface area contributed by atoms with Crippen LogP contribution in [0, 0.1) is 0 Å². The zero-order chi connectivity index (χ0) is 17.8. The monoisotopic (exact) mass is 378 g/mol. The van der Waals surface area contributed by atoms with Gasteiger partial charge in [0.05, 0.1) is 28.5 Å². The molecule has 0 bridgehead atoms. The first kappa shape index (κ1) is 17.6. The second kappa shape index (κ2) is 7.79. The third-order valence-corrected chi connectivity index (χ3v) is 4.70. The third kappa shape index (κ3) is 4.26. The van der Waals surface area contributed by atoms with Crippen LogP contribution in [0.3, 0.4) is 0 Å². The fourth-order valence-corrected chi connectivity index (χ4v) is 3.21. The first-order chi connectivity index (χ1) is 12.1. The maximum atomic E-state index is 12.2. The minimum Gasteiger partial charge on any atom is -0.455 e. The molecule has 3 rings (SSSR count). The van der Waals surface area contributed by atoms with Gasteiger partial charge in [-0.05, 0) is 30.3 Å². The van der Waals surface area contributed by atoms with Crippen LogP contribution >= 0.6 is 22.9 Å². The van der Waals surface area contributed by atoms with Gasteiger partial charge >= 0.3 is 0 Å². The van der Waals surface area contributed by atoms with E-state index in [2.05, 4.69) is 10.3 Å². The number of pyridine rings is 1. The summed E-state index contributed by atoms with van der Waals surface area (Å²) < 4.78 is 6.64. The van der Waals surface area contributed by atoms with Crippen molar-refractivity contribution in [3.63, 3.8) is 0 Å². The molecule has 0 saturated carbocycles. The molecule has 1 amide bonds. The van der Waals surface area contributed by atoms with Crippen molar-refractivity contribution in [1.82, 2.24) is 10.3 Å². The number of benzene rings is 1. The van der Waals surface area contributed by atoms with E-state index in [0.29, 0.717) is 21.4 Å². The molecule has 130 valence electrons. The lowest BCUT2D eigenvalue weighted by molar-refractivity contribution is 0.0804. The van der Waals surface area contributed by atoms with E-state index in [9.17, 15) is 9.90 Å². The number of halogens is 1. The smallest absolute Gasteiger partial charge is 0.261 e. The number of thiophene rings is 1. The quantitative estimate of drug-likeness (QED) is 0.613. The van der Waals surface area contributed by atoms with E-state index in [4.69, 9.17) is 21.4 Å². The van der Waals surface area contributed by atoms with Crippen LogP contribution in [-0.4, -0.2) is 40.4 Å². The molecule has 3 aromatic rings. The Kier molecular flexibility index (Phi) is 5.50. The van der Waals surface area contributed by atoms with Crippen molar-refractivity contribution in [2.45, 2.75) is 6.10 Å². The number of hydrogen-bond acceptors (Lipinski definition) is 6. The van der Waals surface area contributed by atoms with Crippen molar-refractivity contribution >= 4 is 38.9 Å². The van der Waals surface area contributed by atoms with E-state index in [-0.39, 0.29) is 12.5 Å². The van der Waals surface area contributed by atoms with Crippen LogP contribution in [-0.2, 0) is 0 Å². The summed E-state index contributed by atoms with van der Waals surface area (Å²) in [7, 11) is 0. The molecule has 1 aromatic carbocycles. The van der Waals surface area contributed by atoms with Crippen molar-refractivity contribution in [2.75, 3.05) is 13.2 Å². The Morgan fingerprint density at radius 3 is 2.80 bits per heavy atom. The van der Waals surface area contributed by atoms with Gasteiger partial charge in [0.1, 0.15) is 5.75 Å². The summed E-state index contributed by atoms with van der Waals surface area (Å²) in [6.07, 6.45) is 2.26. The fraction of sp³-hybridized carbons (Fsp3) is 0.176. The lowest BCUT2D eigenvalue weighted by Crippen LogP contribution is -2.33. The van der Waals surface area contributed by atoms with E-state index in [0.717, 1.165) is 10.1 Å². The van der Waals surface area contributed by atoms with Crippen molar-refractivity contribution < 1.29 is 19.7 Å². The number of carbonyl (C=O) groups is 1. The first-order valence-electron chi connectivity index (χ1n) is 7.45. The van der Waals surface area contributed by atoms with Gasteiger partial charge in [-0.1, -0.05) is 11.6 Å². The number of fused-ring (bicyclic) bond motifs is 1. The zero-order valence-corrected chi connectivity index (χ0v) is 14.5. The highest BCUT2D eigenvalue weighted by atomic mass is 35.5. The maximum absolute atomic E-state index is 12.2. The van der Waals surface area contributed by atoms with Crippen molar-refractivity contribution in [2.24, 2.45) is 0 Å². The Morgan fingerprint density at radius 1 is 1.32 bits per heavy atom. The molecule has 0 fully saturated rings. The second-order valence-electron chi connectivity index (χ2n) is 5.26. The molecule has 3 N–H and O–H groups in total. The van der Waals surface area contributed by atoms with E-state index >= 15 is 0 Å². The molecule has 25 heavy (non-hydrogen) atoms. The highest BCUT2D eigenvalue weighted by Crippen LogP contribution is 2.34. The van der Waals surface area contributed by atoms with Gasteiger partial charge in [0.15, 0.2) is 5.75 Å². The van der Waals surface area contributed by atoms with Gasteiger partial charge in [-0.15, -0.1) is 11.3 Å². The summed E-state index contributed by atoms with van der Waals surface area (Å²) in [5.41, 5.74) is 0. The number of aliphatic hydroxyl groups excluding tert-OH is 2. The Morgan fingerprint density at radius 2 is 2.08 bits per heavy atom. The number of nitrogens with one attached hydrogen (secondary N) is 1. The van der Waals surface area contributed by atoms with Gasteiger partial charge < -0.3 is 20.3 Å². The van der Waals surface area contributed by atoms with E-state index in [1.807, 2.05) is 0 Å². The minimum atomic E-state index is -0.983. The number of aromatic nitrogens is 1. The molecule has 8 heteroatoms. The predicted octanol–water partition coefficient (Wildman–Crippen LogP) is 2.83. The molecule has 0 aliphatic carbocycles. The number of hydrogen-bond donors (Lipinski definition) is 3. The van der Waals surface area contributed by atoms with Crippen LogP contribution in [0.2, 0.25) is 5.02 Å². The topological polar surface area (TPSA) is 91.7 Å². The molecule has 0 aliphatic heterocycles. The van der Waals surface area contributed by atoms with Crippen LogP contribution in [0.1, 0.15) is 9.67 Å². The molecule has 0 aliphatic rings. The molecule has 0 spiro atoms. The van der Waals surface area contributed by atoms with Crippen LogP contribution < -0.4 is 10.1 Å². The van der Waals surface area contributed by atoms with E-state index in [1.165, 1.54) is 11.3 Å². The van der Waals surface area contributed by atoms with Crippen molar-refractivity contribution in [1.29, 1.82) is 0 Å². The molecule has 6 nitrogen and oxygen atoms in total. The predicted molar refractivity (Wildman–Crippen MR) is 96.6 cm³/mol. The molecule has 2 aromatic heterocycles. The number of carbonyl (C=O) groups excluding carboxylic acids is 1. The molecular weight excluding hydrogens is 364 g/mol. The lowest BCUT2D eigenvalue weighted by atomic mass is 10.2. The molecule has 0 radical (unpaired) electrons. The van der Waals surface area contributed by atoms with E-state index < -0.39 is 12.7 Å². The summed E-state index contributed by atoms with van der Waals surface area (Å²) in [6, 6.07) is 8.66. The summed E-state index contributed by atoms with van der Waals surface area (Å²) in [5.74, 6) is 0.818. The molecule has 1 unspecified atom stereocenters. The van der Waals surface area contributed by atoms with Gasteiger partial charge in [0.25, 0.3) is 5.91 Å². The summed E-state index contributed by atoms with van der Waals surface area (Å²) in [4.78, 5) is 16.8. The Hall–Kier alpha value is -2.19. The fourth-order valence-electron chi connectivity index (χ4n) is 2.12. The van der Waals surface area contributed by atoms with Gasteiger partial charge in [-0.3, -0.25) is 9.78 Å². The van der Waals surface area contributed by atoms with E-state index in [1.54, 1.807) is 42.7 Å². The Bertz CT molecular complexity index is 882. The second-order valence-corrected chi connectivity index (χ2v) is 6.78. The summed E-state index contributed by atoms with van der Waals surface area (Å²) in [5, 5.41) is 22.1. The van der Waals surface area contributed by atoms with Crippen LogP contribution in [0.25, 0.3) is 10.1 Å². The Labute approximate surface area is 152 Å².